The number of benzene rings is 2. The summed E-state index contributed by atoms with van der Waals surface area (Å²) in [7, 11) is -3.90. The van der Waals surface area contributed by atoms with E-state index >= 15 is 0 Å². The minimum absolute atomic E-state index is 0.0416. The Labute approximate surface area is 152 Å². The molecule has 0 heterocycles. The molecule has 2 N–H and O–H groups in total. The van der Waals surface area contributed by atoms with Gasteiger partial charge in [0.1, 0.15) is 11.6 Å². The summed E-state index contributed by atoms with van der Waals surface area (Å²) in [6.45, 7) is 4.84. The summed E-state index contributed by atoms with van der Waals surface area (Å²) in [5.74, 6) is -0.345. The minimum atomic E-state index is -3.90. The molecule has 0 saturated carbocycles. The Bertz CT molecular complexity index is 881. The Balaban J connectivity index is 1.94. The summed E-state index contributed by atoms with van der Waals surface area (Å²) in [5.41, 5.74) is 0.726. The van der Waals surface area contributed by atoms with Gasteiger partial charge in [0.05, 0.1) is 17.5 Å². The van der Waals surface area contributed by atoms with E-state index in [4.69, 9.17) is 4.74 Å². The van der Waals surface area contributed by atoms with Crippen LogP contribution in [0.4, 0.5) is 10.1 Å². The summed E-state index contributed by atoms with van der Waals surface area (Å²) in [5, 5.41) is 2.59. The summed E-state index contributed by atoms with van der Waals surface area (Å²) < 4.78 is 45.3. The van der Waals surface area contributed by atoms with Crippen LogP contribution in [0.15, 0.2) is 47.4 Å². The first-order valence-electron chi connectivity index (χ1n) is 8.00. The van der Waals surface area contributed by atoms with Gasteiger partial charge >= 0.3 is 0 Å². The van der Waals surface area contributed by atoms with Crippen molar-refractivity contribution in [1.29, 1.82) is 0 Å². The van der Waals surface area contributed by atoms with E-state index in [0.29, 0.717) is 11.4 Å². The van der Waals surface area contributed by atoms with Gasteiger partial charge in [-0.2, -0.15) is 0 Å². The van der Waals surface area contributed by atoms with Gasteiger partial charge in [-0.3, -0.25) is 4.79 Å². The second-order valence-corrected chi connectivity index (χ2v) is 7.74. The summed E-state index contributed by atoms with van der Waals surface area (Å²) in [6, 6.07) is 10.2. The van der Waals surface area contributed by atoms with Crippen LogP contribution in [0.2, 0.25) is 0 Å². The van der Waals surface area contributed by atoms with Gasteiger partial charge in [-0.15, -0.1) is 0 Å². The van der Waals surface area contributed by atoms with Crippen LogP contribution < -0.4 is 14.8 Å². The number of hydrogen-bond donors (Lipinski definition) is 2. The SMILES string of the molecule is Cc1cc(S(=O)(=O)NCC(=O)Nc2ccc(OC(C)C)cc2)ccc1F. The second-order valence-electron chi connectivity index (χ2n) is 5.97. The summed E-state index contributed by atoms with van der Waals surface area (Å²) in [4.78, 5) is 11.8. The van der Waals surface area contributed by atoms with Crippen LogP contribution in [0, 0.1) is 12.7 Å². The van der Waals surface area contributed by atoms with Gasteiger partial charge in [0.15, 0.2) is 0 Å². The fourth-order valence-electron chi connectivity index (χ4n) is 2.12. The Morgan fingerprint density at radius 3 is 2.38 bits per heavy atom. The third-order valence-corrected chi connectivity index (χ3v) is 4.77. The summed E-state index contributed by atoms with van der Waals surface area (Å²) in [6.07, 6.45) is 0.0416. The lowest BCUT2D eigenvalue weighted by atomic mass is 10.2. The molecule has 0 saturated heterocycles. The molecule has 0 radical (unpaired) electrons. The predicted octanol–water partition coefficient (Wildman–Crippen LogP) is 2.84. The van der Waals surface area contributed by atoms with E-state index in [9.17, 15) is 17.6 Å². The van der Waals surface area contributed by atoms with Crippen molar-refractivity contribution in [2.24, 2.45) is 0 Å². The van der Waals surface area contributed by atoms with Gasteiger partial charge in [0.2, 0.25) is 15.9 Å². The van der Waals surface area contributed by atoms with Gasteiger partial charge in [-0.05, 0) is 68.8 Å². The number of rotatable bonds is 7. The van der Waals surface area contributed by atoms with E-state index in [2.05, 4.69) is 10.0 Å². The second kappa shape index (κ2) is 8.29. The van der Waals surface area contributed by atoms with Crippen molar-refractivity contribution in [3.63, 3.8) is 0 Å². The molecule has 0 fully saturated rings. The lowest BCUT2D eigenvalue weighted by Crippen LogP contribution is -2.33. The monoisotopic (exact) mass is 380 g/mol. The number of carbonyl (C=O) groups excluding carboxylic acids is 1. The molecule has 0 aliphatic heterocycles. The van der Waals surface area contributed by atoms with Crippen molar-refractivity contribution in [3.05, 3.63) is 53.8 Å². The first kappa shape index (κ1) is 19.9. The Morgan fingerprint density at radius 1 is 1.15 bits per heavy atom. The normalized spacial score (nSPS) is 11.4. The molecular formula is C18H21FN2O4S. The zero-order chi connectivity index (χ0) is 19.3. The van der Waals surface area contributed by atoms with E-state index in [0.717, 1.165) is 12.1 Å². The van der Waals surface area contributed by atoms with Crippen LogP contribution in [0.3, 0.4) is 0 Å². The van der Waals surface area contributed by atoms with Gasteiger partial charge in [-0.1, -0.05) is 0 Å². The van der Waals surface area contributed by atoms with Crippen LogP contribution in [0.1, 0.15) is 19.4 Å². The first-order chi connectivity index (χ1) is 12.2. The largest absolute Gasteiger partial charge is 0.491 e. The number of ether oxygens (including phenoxy) is 1. The molecule has 140 valence electrons. The highest BCUT2D eigenvalue weighted by atomic mass is 32.2. The number of halogens is 1. The Morgan fingerprint density at radius 2 is 1.81 bits per heavy atom. The molecule has 0 spiro atoms. The van der Waals surface area contributed by atoms with Crippen molar-refractivity contribution < 1.29 is 22.3 Å². The number of amides is 1. The van der Waals surface area contributed by atoms with Gasteiger partial charge in [0.25, 0.3) is 0 Å². The van der Waals surface area contributed by atoms with Crippen molar-refractivity contribution in [1.82, 2.24) is 4.72 Å². The van der Waals surface area contributed by atoms with E-state index in [-0.39, 0.29) is 16.6 Å². The molecule has 0 unspecified atom stereocenters. The molecule has 0 aromatic heterocycles. The fraction of sp³-hybridized carbons (Fsp3) is 0.278. The van der Waals surface area contributed by atoms with Gasteiger partial charge in [-0.25, -0.2) is 17.5 Å². The van der Waals surface area contributed by atoms with Crippen molar-refractivity contribution in [3.8, 4) is 5.75 Å². The number of sulfonamides is 1. The molecule has 2 rings (SSSR count). The standard InChI is InChI=1S/C18H21FN2O4S/c1-12(2)25-15-6-4-14(5-7-15)21-18(22)11-20-26(23,24)16-8-9-17(19)13(3)10-16/h4-10,12,20H,11H2,1-3H3,(H,21,22). The van der Waals surface area contributed by atoms with Crippen LogP contribution >= 0.6 is 0 Å². The zero-order valence-corrected chi connectivity index (χ0v) is 15.6. The number of carbonyl (C=O) groups is 1. The van der Waals surface area contributed by atoms with E-state index < -0.39 is 28.3 Å². The number of hydrogen-bond acceptors (Lipinski definition) is 4. The maximum atomic E-state index is 13.3. The van der Waals surface area contributed by atoms with Gasteiger partial charge < -0.3 is 10.1 Å². The maximum absolute atomic E-state index is 13.3. The van der Waals surface area contributed by atoms with Crippen LogP contribution in [0.25, 0.3) is 0 Å². The van der Waals surface area contributed by atoms with E-state index in [1.165, 1.54) is 13.0 Å². The lowest BCUT2D eigenvalue weighted by molar-refractivity contribution is -0.115. The lowest BCUT2D eigenvalue weighted by Gasteiger charge is -2.11. The number of anilines is 1. The van der Waals surface area contributed by atoms with Crippen LogP contribution in [0.5, 0.6) is 5.75 Å². The summed E-state index contributed by atoms with van der Waals surface area (Å²) >= 11 is 0. The van der Waals surface area contributed by atoms with Crippen molar-refractivity contribution in [2.75, 3.05) is 11.9 Å². The van der Waals surface area contributed by atoms with E-state index in [1.54, 1.807) is 24.3 Å². The molecule has 0 bridgehead atoms. The molecule has 0 aliphatic rings. The molecule has 1 amide bonds. The topological polar surface area (TPSA) is 84.5 Å². The quantitative estimate of drug-likeness (QED) is 0.774. The van der Waals surface area contributed by atoms with Crippen LogP contribution in [-0.4, -0.2) is 27.0 Å². The minimum Gasteiger partial charge on any atom is -0.491 e. The smallest absolute Gasteiger partial charge is 0.241 e. The molecule has 2 aromatic rings. The Kier molecular flexibility index (Phi) is 6.33. The molecule has 2 aromatic carbocycles. The zero-order valence-electron chi connectivity index (χ0n) is 14.7. The number of aryl methyl sites for hydroxylation is 1. The average molecular weight is 380 g/mol. The van der Waals surface area contributed by atoms with Crippen LogP contribution in [-0.2, 0) is 14.8 Å². The highest BCUT2D eigenvalue weighted by Crippen LogP contribution is 2.17. The fourth-order valence-corrected chi connectivity index (χ4v) is 3.19. The highest BCUT2D eigenvalue weighted by Gasteiger charge is 2.16. The predicted molar refractivity (Wildman–Crippen MR) is 97.2 cm³/mol. The first-order valence-corrected chi connectivity index (χ1v) is 9.48. The molecule has 26 heavy (non-hydrogen) atoms. The Hall–Kier alpha value is -2.45. The molecule has 8 heteroatoms. The molecule has 0 atom stereocenters. The van der Waals surface area contributed by atoms with E-state index in [1.807, 2.05) is 13.8 Å². The van der Waals surface area contributed by atoms with Crippen molar-refractivity contribution >= 4 is 21.6 Å². The molecular weight excluding hydrogens is 359 g/mol. The molecule has 0 aliphatic carbocycles. The number of nitrogens with one attached hydrogen (secondary N) is 2. The third kappa shape index (κ3) is 5.53. The van der Waals surface area contributed by atoms with Gasteiger partial charge in [0, 0.05) is 5.69 Å². The maximum Gasteiger partial charge on any atom is 0.241 e. The van der Waals surface area contributed by atoms with Crippen molar-refractivity contribution in [2.45, 2.75) is 31.8 Å². The average Bonchev–Trinajstić information content (AvgIpc) is 2.57. The third-order valence-electron chi connectivity index (χ3n) is 3.37. The highest BCUT2D eigenvalue weighted by molar-refractivity contribution is 7.89. The molecule has 6 nitrogen and oxygen atoms in total.